The first-order valence-corrected chi connectivity index (χ1v) is 6.78. The molecule has 0 atom stereocenters. The molecule has 1 aliphatic rings. The number of benzene rings is 1. The van der Waals surface area contributed by atoms with Gasteiger partial charge in [-0.25, -0.2) is 0 Å². The molecule has 0 saturated carbocycles. The van der Waals surface area contributed by atoms with Gasteiger partial charge in [0.15, 0.2) is 18.1 Å². The van der Waals surface area contributed by atoms with Crippen molar-refractivity contribution in [2.24, 2.45) is 0 Å². The third kappa shape index (κ3) is 4.03. The summed E-state index contributed by atoms with van der Waals surface area (Å²) in [7, 11) is 0. The highest BCUT2D eigenvalue weighted by atomic mass is 16.7. The first kappa shape index (κ1) is 15.5. The van der Waals surface area contributed by atoms with Crippen LogP contribution in [0.4, 0.5) is 0 Å². The summed E-state index contributed by atoms with van der Waals surface area (Å²) in [6.07, 6.45) is 0.447. The fourth-order valence-corrected chi connectivity index (χ4v) is 1.93. The Morgan fingerprint density at radius 1 is 1.18 bits per heavy atom. The lowest BCUT2D eigenvalue weighted by molar-refractivity contribution is -0.133. The van der Waals surface area contributed by atoms with Crippen molar-refractivity contribution in [2.75, 3.05) is 26.5 Å². The summed E-state index contributed by atoms with van der Waals surface area (Å²) in [6.45, 7) is 0.605. The normalized spacial score (nSPS) is 11.4. The van der Waals surface area contributed by atoms with Crippen molar-refractivity contribution < 1.29 is 19.0 Å². The zero-order valence-corrected chi connectivity index (χ0v) is 11.9. The third-order valence-corrected chi connectivity index (χ3v) is 3.05. The van der Waals surface area contributed by atoms with E-state index in [2.05, 4.69) is 0 Å². The Labute approximate surface area is 128 Å². The summed E-state index contributed by atoms with van der Waals surface area (Å²) in [5, 5.41) is 17.2. The Morgan fingerprint density at radius 2 is 1.86 bits per heavy atom. The standard InChI is InChI=1S/C15H15N3O4/c16-5-1-7-18(8-2-6-17)15(19)10-20-12-3-4-13-14(9-12)22-11-21-13/h3-4,9H,1-2,7-8,10-11H2. The van der Waals surface area contributed by atoms with E-state index in [4.69, 9.17) is 24.7 Å². The molecular weight excluding hydrogens is 286 g/mol. The smallest absolute Gasteiger partial charge is 0.260 e. The van der Waals surface area contributed by atoms with Crippen LogP contribution in [0.1, 0.15) is 12.8 Å². The van der Waals surface area contributed by atoms with Crippen molar-refractivity contribution in [3.63, 3.8) is 0 Å². The van der Waals surface area contributed by atoms with E-state index in [1.165, 1.54) is 4.90 Å². The van der Waals surface area contributed by atoms with Gasteiger partial charge in [-0.05, 0) is 12.1 Å². The van der Waals surface area contributed by atoms with Crippen molar-refractivity contribution in [3.05, 3.63) is 18.2 Å². The van der Waals surface area contributed by atoms with Crippen molar-refractivity contribution >= 4 is 5.91 Å². The molecule has 22 heavy (non-hydrogen) atoms. The average Bonchev–Trinajstić information content (AvgIpc) is 3.00. The van der Waals surface area contributed by atoms with Crippen LogP contribution in [0.2, 0.25) is 0 Å². The number of nitriles is 2. The van der Waals surface area contributed by atoms with Gasteiger partial charge in [0.25, 0.3) is 5.91 Å². The second kappa shape index (κ2) is 7.75. The molecule has 1 amide bonds. The Kier molecular flexibility index (Phi) is 5.44. The van der Waals surface area contributed by atoms with E-state index in [1.54, 1.807) is 18.2 Å². The molecule has 0 N–H and O–H groups in total. The van der Waals surface area contributed by atoms with Gasteiger partial charge in [0.2, 0.25) is 6.79 Å². The van der Waals surface area contributed by atoms with Gasteiger partial charge < -0.3 is 19.1 Å². The minimum absolute atomic E-state index is 0.156. The zero-order chi connectivity index (χ0) is 15.8. The van der Waals surface area contributed by atoms with Crippen LogP contribution < -0.4 is 14.2 Å². The number of amides is 1. The maximum atomic E-state index is 12.1. The molecule has 0 bridgehead atoms. The van der Waals surface area contributed by atoms with Crippen molar-refractivity contribution in [3.8, 4) is 29.4 Å². The van der Waals surface area contributed by atoms with Crippen LogP contribution in [0.15, 0.2) is 18.2 Å². The van der Waals surface area contributed by atoms with Crippen LogP contribution in [0.5, 0.6) is 17.2 Å². The fraction of sp³-hybridized carbons (Fsp3) is 0.400. The van der Waals surface area contributed by atoms with Crippen LogP contribution in [-0.2, 0) is 4.79 Å². The number of ether oxygens (including phenoxy) is 3. The largest absolute Gasteiger partial charge is 0.484 e. The number of nitrogens with zero attached hydrogens (tertiary/aromatic N) is 3. The monoisotopic (exact) mass is 301 g/mol. The van der Waals surface area contributed by atoms with E-state index in [1.807, 2.05) is 12.1 Å². The lowest BCUT2D eigenvalue weighted by Crippen LogP contribution is -2.36. The number of carbonyl (C=O) groups is 1. The molecule has 1 heterocycles. The first-order valence-electron chi connectivity index (χ1n) is 6.78. The molecule has 0 aromatic heterocycles. The van der Waals surface area contributed by atoms with Crippen molar-refractivity contribution in [1.82, 2.24) is 4.90 Å². The molecule has 0 saturated heterocycles. The lowest BCUT2D eigenvalue weighted by Gasteiger charge is -2.20. The molecule has 2 rings (SSSR count). The maximum Gasteiger partial charge on any atom is 0.260 e. The summed E-state index contributed by atoms with van der Waals surface area (Å²) in [5.41, 5.74) is 0. The summed E-state index contributed by atoms with van der Waals surface area (Å²) >= 11 is 0. The van der Waals surface area contributed by atoms with Crippen LogP contribution in [0.3, 0.4) is 0 Å². The number of carbonyl (C=O) groups excluding carboxylic acids is 1. The van der Waals surface area contributed by atoms with Gasteiger partial charge in [0.1, 0.15) is 5.75 Å². The van der Waals surface area contributed by atoms with Crippen LogP contribution in [-0.4, -0.2) is 37.3 Å². The van der Waals surface area contributed by atoms with E-state index in [0.29, 0.717) is 30.3 Å². The number of fused-ring (bicyclic) bond motifs is 1. The molecule has 1 aliphatic heterocycles. The Bertz CT molecular complexity index is 600. The van der Waals surface area contributed by atoms with Gasteiger partial charge in [0, 0.05) is 19.2 Å². The van der Waals surface area contributed by atoms with Gasteiger partial charge in [-0.15, -0.1) is 0 Å². The lowest BCUT2D eigenvalue weighted by atomic mass is 10.3. The zero-order valence-electron chi connectivity index (χ0n) is 11.9. The molecule has 1 aromatic rings. The molecule has 0 aliphatic carbocycles. The van der Waals surface area contributed by atoms with E-state index in [-0.39, 0.29) is 32.1 Å². The van der Waals surface area contributed by atoms with Gasteiger partial charge in [0.05, 0.1) is 25.0 Å². The highest BCUT2D eigenvalue weighted by Crippen LogP contribution is 2.35. The van der Waals surface area contributed by atoms with Gasteiger partial charge in [-0.3, -0.25) is 4.79 Å². The maximum absolute atomic E-state index is 12.1. The van der Waals surface area contributed by atoms with E-state index in [9.17, 15) is 4.79 Å². The summed E-state index contributed by atoms with van der Waals surface area (Å²) in [5.74, 6) is 1.46. The number of rotatable bonds is 7. The summed E-state index contributed by atoms with van der Waals surface area (Å²) in [4.78, 5) is 13.5. The molecule has 7 heteroatoms. The minimum atomic E-state index is -0.261. The predicted octanol–water partition coefficient (Wildman–Crippen LogP) is 1.45. The van der Waals surface area contributed by atoms with E-state index < -0.39 is 0 Å². The molecule has 0 fully saturated rings. The number of hydrogen-bond acceptors (Lipinski definition) is 6. The van der Waals surface area contributed by atoms with Crippen LogP contribution in [0, 0.1) is 22.7 Å². The Hall–Kier alpha value is -2.93. The minimum Gasteiger partial charge on any atom is -0.484 e. The summed E-state index contributed by atoms with van der Waals surface area (Å²) in [6, 6.07) is 9.03. The first-order chi connectivity index (χ1) is 10.7. The fourth-order valence-electron chi connectivity index (χ4n) is 1.93. The van der Waals surface area contributed by atoms with Crippen molar-refractivity contribution in [2.45, 2.75) is 12.8 Å². The van der Waals surface area contributed by atoms with E-state index in [0.717, 1.165) is 0 Å². The Balaban J connectivity index is 1.89. The highest BCUT2D eigenvalue weighted by Gasteiger charge is 2.16. The second-order valence-corrected chi connectivity index (χ2v) is 4.50. The van der Waals surface area contributed by atoms with E-state index >= 15 is 0 Å². The summed E-state index contributed by atoms with van der Waals surface area (Å²) < 4.78 is 15.9. The average molecular weight is 301 g/mol. The molecule has 7 nitrogen and oxygen atoms in total. The van der Waals surface area contributed by atoms with Gasteiger partial charge >= 0.3 is 0 Å². The SMILES string of the molecule is N#CCCN(CCC#N)C(=O)COc1ccc2c(c1)OCO2. The molecular formula is C15H15N3O4. The molecule has 0 radical (unpaired) electrons. The van der Waals surface area contributed by atoms with Gasteiger partial charge in [-0.2, -0.15) is 10.5 Å². The quantitative estimate of drug-likeness (QED) is 0.756. The molecule has 114 valence electrons. The third-order valence-electron chi connectivity index (χ3n) is 3.05. The molecule has 1 aromatic carbocycles. The predicted molar refractivity (Wildman–Crippen MR) is 75.1 cm³/mol. The number of hydrogen-bond donors (Lipinski definition) is 0. The highest BCUT2D eigenvalue weighted by molar-refractivity contribution is 5.77. The molecule has 0 unspecified atom stereocenters. The van der Waals surface area contributed by atoms with Crippen LogP contribution in [0.25, 0.3) is 0 Å². The van der Waals surface area contributed by atoms with Gasteiger partial charge in [-0.1, -0.05) is 0 Å². The van der Waals surface area contributed by atoms with Crippen molar-refractivity contribution in [1.29, 1.82) is 10.5 Å². The second-order valence-electron chi connectivity index (χ2n) is 4.50. The van der Waals surface area contributed by atoms with Crippen LogP contribution >= 0.6 is 0 Å². The molecule has 0 spiro atoms. The Morgan fingerprint density at radius 3 is 2.55 bits per heavy atom. The topological polar surface area (TPSA) is 95.6 Å².